The molecule has 108 valence electrons. The van der Waals surface area contributed by atoms with Gasteiger partial charge < -0.3 is 15.2 Å². The molecule has 7 nitrogen and oxygen atoms in total. The zero-order valence-electron chi connectivity index (χ0n) is 11.5. The van der Waals surface area contributed by atoms with Crippen LogP contribution >= 0.6 is 0 Å². The molecule has 0 aliphatic rings. The van der Waals surface area contributed by atoms with E-state index in [9.17, 15) is 9.59 Å². The molecule has 1 aromatic rings. The van der Waals surface area contributed by atoms with Gasteiger partial charge >= 0.3 is 5.69 Å². The molecule has 1 unspecified atom stereocenters. The summed E-state index contributed by atoms with van der Waals surface area (Å²) in [7, 11) is 4.65. The third kappa shape index (κ3) is 4.02. The van der Waals surface area contributed by atoms with Gasteiger partial charge in [0.25, 0.3) is 5.56 Å². The fourth-order valence-corrected chi connectivity index (χ4v) is 1.80. The van der Waals surface area contributed by atoms with E-state index in [0.29, 0.717) is 25.3 Å². The van der Waals surface area contributed by atoms with Crippen LogP contribution in [0.4, 0.5) is 0 Å². The number of methoxy groups -OCH3 is 1. The number of ether oxygens (including phenoxy) is 1. The van der Waals surface area contributed by atoms with Crippen LogP contribution in [0.15, 0.2) is 15.7 Å². The van der Waals surface area contributed by atoms with Gasteiger partial charge in [0.05, 0.1) is 6.61 Å². The maximum absolute atomic E-state index is 11.7. The van der Waals surface area contributed by atoms with Gasteiger partial charge in [-0.1, -0.05) is 0 Å². The summed E-state index contributed by atoms with van der Waals surface area (Å²) >= 11 is 0. The maximum Gasteiger partial charge on any atom is 0.330 e. The summed E-state index contributed by atoms with van der Waals surface area (Å²) < 4.78 is 7.52. The van der Waals surface area contributed by atoms with Crippen LogP contribution in [0.2, 0.25) is 0 Å². The Kier molecular flexibility index (Phi) is 5.94. The van der Waals surface area contributed by atoms with Gasteiger partial charge in [0.15, 0.2) is 0 Å². The van der Waals surface area contributed by atoms with Crippen LogP contribution in [0, 0.1) is 0 Å². The fraction of sp³-hybridized carbons (Fsp3) is 0.667. The lowest BCUT2D eigenvalue weighted by atomic mass is 10.2. The standard InChI is InChI=1S/C12H21N3O4/c1-14-10(6-11(17)15(2)12(14)18)7-13-9(4-5-16)8-19-3/h6,9,13,16H,4-5,7-8H2,1-3H3. The normalized spacial score (nSPS) is 12.6. The van der Waals surface area contributed by atoms with E-state index >= 15 is 0 Å². The highest BCUT2D eigenvalue weighted by atomic mass is 16.5. The Bertz CT molecular complexity index is 515. The highest BCUT2D eigenvalue weighted by Crippen LogP contribution is 1.96. The molecule has 0 radical (unpaired) electrons. The van der Waals surface area contributed by atoms with E-state index in [-0.39, 0.29) is 23.9 Å². The van der Waals surface area contributed by atoms with Gasteiger partial charge in [-0.2, -0.15) is 0 Å². The van der Waals surface area contributed by atoms with Crippen LogP contribution in [-0.2, 0) is 25.4 Å². The summed E-state index contributed by atoms with van der Waals surface area (Å²) in [5.74, 6) is 0. The third-order valence-electron chi connectivity index (χ3n) is 3.04. The minimum Gasteiger partial charge on any atom is -0.396 e. The molecule has 0 saturated carbocycles. The third-order valence-corrected chi connectivity index (χ3v) is 3.04. The smallest absolute Gasteiger partial charge is 0.330 e. The first kappa shape index (κ1) is 15.6. The summed E-state index contributed by atoms with van der Waals surface area (Å²) in [5, 5.41) is 12.1. The summed E-state index contributed by atoms with van der Waals surface area (Å²) in [6.07, 6.45) is 0.548. The lowest BCUT2D eigenvalue weighted by Crippen LogP contribution is -2.41. The number of rotatable bonds is 7. The molecule has 0 spiro atoms. The Balaban J connectivity index is 2.83. The summed E-state index contributed by atoms with van der Waals surface area (Å²) in [6.45, 7) is 0.881. The highest BCUT2D eigenvalue weighted by molar-refractivity contribution is 5.02. The minimum absolute atomic E-state index is 0.0193. The molecule has 0 fully saturated rings. The lowest BCUT2D eigenvalue weighted by Gasteiger charge is -2.18. The fourth-order valence-electron chi connectivity index (χ4n) is 1.80. The Hall–Kier alpha value is -1.44. The lowest BCUT2D eigenvalue weighted by molar-refractivity contribution is 0.147. The Morgan fingerprint density at radius 2 is 2.05 bits per heavy atom. The average Bonchev–Trinajstić information content (AvgIpc) is 2.39. The van der Waals surface area contributed by atoms with Crippen LogP contribution in [0.1, 0.15) is 12.1 Å². The van der Waals surface area contributed by atoms with Gasteiger partial charge in [-0.05, 0) is 6.42 Å². The molecule has 0 aromatic carbocycles. The van der Waals surface area contributed by atoms with Gasteiger partial charge in [-0.3, -0.25) is 13.9 Å². The predicted molar refractivity (Wildman–Crippen MR) is 71.1 cm³/mol. The molecular weight excluding hydrogens is 250 g/mol. The van der Waals surface area contributed by atoms with Crippen LogP contribution in [0.25, 0.3) is 0 Å². The second-order valence-corrected chi connectivity index (χ2v) is 4.42. The zero-order valence-corrected chi connectivity index (χ0v) is 11.5. The molecule has 2 N–H and O–H groups in total. The number of hydrogen-bond donors (Lipinski definition) is 2. The molecule has 0 amide bonds. The first-order valence-electron chi connectivity index (χ1n) is 6.10. The number of aromatic nitrogens is 2. The van der Waals surface area contributed by atoms with E-state index in [1.807, 2.05) is 0 Å². The number of aliphatic hydroxyl groups is 1. The molecule has 1 rings (SSSR count). The first-order valence-corrected chi connectivity index (χ1v) is 6.10. The summed E-state index contributed by atoms with van der Waals surface area (Å²) in [6, 6.07) is 1.41. The van der Waals surface area contributed by atoms with Gasteiger partial charge in [0.2, 0.25) is 0 Å². The number of hydrogen-bond acceptors (Lipinski definition) is 5. The van der Waals surface area contributed by atoms with Crippen LogP contribution in [0.5, 0.6) is 0 Å². The van der Waals surface area contributed by atoms with Crippen molar-refractivity contribution in [3.05, 3.63) is 32.6 Å². The quantitative estimate of drug-likeness (QED) is 0.635. The zero-order chi connectivity index (χ0) is 14.4. The Labute approximate surface area is 111 Å². The van der Waals surface area contributed by atoms with Crippen LogP contribution in [0.3, 0.4) is 0 Å². The van der Waals surface area contributed by atoms with Crippen molar-refractivity contribution in [3.8, 4) is 0 Å². The van der Waals surface area contributed by atoms with Crippen molar-refractivity contribution in [1.82, 2.24) is 14.5 Å². The SMILES string of the molecule is COCC(CCO)NCc1cc(=O)n(C)c(=O)n1C. The van der Waals surface area contributed by atoms with Gasteiger partial charge in [-0.25, -0.2) is 4.79 Å². The van der Waals surface area contributed by atoms with E-state index in [2.05, 4.69) is 5.32 Å². The molecule has 0 aliphatic carbocycles. The second-order valence-electron chi connectivity index (χ2n) is 4.42. The molecule has 0 saturated heterocycles. The van der Waals surface area contributed by atoms with Crippen LogP contribution < -0.4 is 16.6 Å². The molecule has 1 aromatic heterocycles. The van der Waals surface area contributed by atoms with E-state index < -0.39 is 0 Å². The average molecular weight is 271 g/mol. The van der Waals surface area contributed by atoms with Crippen molar-refractivity contribution < 1.29 is 9.84 Å². The number of aliphatic hydroxyl groups excluding tert-OH is 1. The molecule has 7 heteroatoms. The molecular formula is C12H21N3O4. The minimum atomic E-state index is -0.352. The summed E-state index contributed by atoms with van der Waals surface area (Å²) in [4.78, 5) is 23.3. The largest absolute Gasteiger partial charge is 0.396 e. The summed E-state index contributed by atoms with van der Waals surface area (Å²) in [5.41, 5.74) is -0.0766. The van der Waals surface area contributed by atoms with E-state index in [1.165, 1.54) is 17.7 Å². The molecule has 1 atom stereocenters. The van der Waals surface area contributed by atoms with E-state index in [4.69, 9.17) is 9.84 Å². The Morgan fingerprint density at radius 1 is 1.37 bits per heavy atom. The first-order chi connectivity index (χ1) is 9.01. The highest BCUT2D eigenvalue weighted by Gasteiger charge is 2.10. The second kappa shape index (κ2) is 7.22. The van der Waals surface area contributed by atoms with Crippen molar-refractivity contribution in [2.24, 2.45) is 14.1 Å². The maximum atomic E-state index is 11.7. The molecule has 1 heterocycles. The molecule has 0 aliphatic heterocycles. The topological polar surface area (TPSA) is 85.5 Å². The van der Waals surface area contributed by atoms with Crippen molar-refractivity contribution in [1.29, 1.82) is 0 Å². The molecule has 0 bridgehead atoms. The van der Waals surface area contributed by atoms with Gasteiger partial charge in [-0.15, -0.1) is 0 Å². The Morgan fingerprint density at radius 3 is 2.63 bits per heavy atom. The van der Waals surface area contributed by atoms with Crippen LogP contribution in [-0.4, -0.2) is 40.6 Å². The van der Waals surface area contributed by atoms with Crippen molar-refractivity contribution in [3.63, 3.8) is 0 Å². The number of nitrogens with one attached hydrogen (secondary N) is 1. The predicted octanol–water partition coefficient (Wildman–Crippen LogP) is -1.43. The molecule has 19 heavy (non-hydrogen) atoms. The van der Waals surface area contributed by atoms with E-state index in [1.54, 1.807) is 14.2 Å². The van der Waals surface area contributed by atoms with Crippen molar-refractivity contribution >= 4 is 0 Å². The van der Waals surface area contributed by atoms with Crippen molar-refractivity contribution in [2.75, 3.05) is 20.3 Å². The van der Waals surface area contributed by atoms with Crippen molar-refractivity contribution in [2.45, 2.75) is 19.0 Å². The van der Waals surface area contributed by atoms with Gasteiger partial charge in [0.1, 0.15) is 0 Å². The van der Waals surface area contributed by atoms with E-state index in [0.717, 1.165) is 4.57 Å². The number of nitrogens with zero attached hydrogens (tertiary/aromatic N) is 2. The monoisotopic (exact) mass is 271 g/mol. The van der Waals surface area contributed by atoms with Gasteiger partial charge in [0, 0.05) is 52.2 Å².